The maximum Gasteiger partial charge on any atom is 0.411 e. The van der Waals surface area contributed by atoms with Gasteiger partial charge < -0.3 is 25.4 Å². The van der Waals surface area contributed by atoms with E-state index in [2.05, 4.69) is 15.6 Å². The van der Waals surface area contributed by atoms with Crippen LogP contribution in [-0.4, -0.2) is 48.7 Å². The number of benzene rings is 3. The van der Waals surface area contributed by atoms with Gasteiger partial charge in [-0.15, -0.1) is 0 Å². The molecule has 1 saturated carbocycles. The van der Waals surface area contributed by atoms with E-state index in [0.29, 0.717) is 23.9 Å². The van der Waals surface area contributed by atoms with E-state index in [1.165, 1.54) is 11.0 Å². The highest BCUT2D eigenvalue weighted by Crippen LogP contribution is 2.34. The quantitative estimate of drug-likeness (QED) is 0.151. The third-order valence-corrected chi connectivity index (χ3v) is 8.09. The highest BCUT2D eigenvalue weighted by atomic mass is 19.1. The molecule has 2 amide bonds. The third kappa shape index (κ3) is 8.41. The lowest BCUT2D eigenvalue weighted by Gasteiger charge is -2.21. The normalized spacial score (nSPS) is 13.2. The molecule has 5 rings (SSSR count). The van der Waals surface area contributed by atoms with E-state index < -0.39 is 11.9 Å². The van der Waals surface area contributed by atoms with Crippen LogP contribution < -0.4 is 21.1 Å². The Hall–Kier alpha value is -4.86. The molecule has 0 bridgehead atoms. The molecule has 1 aromatic heterocycles. The smallest absolute Gasteiger partial charge is 0.411 e. The Bertz CT molecular complexity index is 1680. The third-order valence-electron chi connectivity index (χ3n) is 8.09. The number of fused-ring (bicyclic) bond motifs is 1. The second-order valence-electron chi connectivity index (χ2n) is 11.7. The second kappa shape index (κ2) is 14.3. The SMILES string of the molecule is Cc1ccccc1C(C)COC(=O)Nc1cc(F)c(OCCC2CC2)c(CN(C)C(=O)CNc2ccc3c(N)nccc3c2)c1. The highest BCUT2D eigenvalue weighted by Gasteiger charge is 2.23. The number of nitrogens with zero attached hydrogens (tertiary/aromatic N) is 2. The average molecular weight is 614 g/mol. The summed E-state index contributed by atoms with van der Waals surface area (Å²) in [7, 11) is 1.64. The molecule has 9 nitrogen and oxygen atoms in total. The van der Waals surface area contributed by atoms with Crippen LogP contribution in [0.15, 0.2) is 66.9 Å². The maximum absolute atomic E-state index is 15.4. The highest BCUT2D eigenvalue weighted by molar-refractivity contribution is 5.93. The molecule has 1 aliphatic carbocycles. The minimum atomic E-state index is -0.690. The molecule has 1 aliphatic rings. The molecule has 1 heterocycles. The number of carbonyl (C=O) groups is 2. The second-order valence-corrected chi connectivity index (χ2v) is 11.7. The Kier molecular flexibility index (Phi) is 10.0. The molecule has 1 fully saturated rings. The molecule has 10 heteroatoms. The molecule has 0 saturated heterocycles. The van der Waals surface area contributed by atoms with Gasteiger partial charge in [-0.3, -0.25) is 10.1 Å². The molecule has 236 valence electrons. The summed E-state index contributed by atoms with van der Waals surface area (Å²) in [6.45, 7) is 4.63. The van der Waals surface area contributed by atoms with Crippen LogP contribution in [0.25, 0.3) is 10.8 Å². The van der Waals surface area contributed by atoms with E-state index in [4.69, 9.17) is 15.2 Å². The number of amides is 2. The van der Waals surface area contributed by atoms with Crippen molar-refractivity contribution in [3.05, 3.63) is 89.4 Å². The van der Waals surface area contributed by atoms with Gasteiger partial charge in [0, 0.05) is 54.1 Å². The lowest BCUT2D eigenvalue weighted by Crippen LogP contribution is -2.32. The van der Waals surface area contributed by atoms with E-state index >= 15 is 4.39 Å². The molecule has 1 unspecified atom stereocenters. The molecule has 0 spiro atoms. The van der Waals surface area contributed by atoms with Crippen LogP contribution in [0.3, 0.4) is 0 Å². The van der Waals surface area contributed by atoms with Gasteiger partial charge in [0.25, 0.3) is 0 Å². The zero-order chi connectivity index (χ0) is 31.9. The Morgan fingerprint density at radius 3 is 2.69 bits per heavy atom. The first kappa shape index (κ1) is 31.6. The van der Waals surface area contributed by atoms with Crippen LogP contribution in [-0.2, 0) is 16.1 Å². The van der Waals surface area contributed by atoms with Crippen LogP contribution in [0, 0.1) is 18.7 Å². The van der Waals surface area contributed by atoms with Gasteiger partial charge in [-0.05, 0) is 66.1 Å². The van der Waals surface area contributed by atoms with E-state index in [0.717, 1.165) is 46.8 Å². The van der Waals surface area contributed by atoms with E-state index in [-0.39, 0.29) is 43.0 Å². The summed E-state index contributed by atoms with van der Waals surface area (Å²) >= 11 is 0. The van der Waals surface area contributed by atoms with Gasteiger partial charge in [0.15, 0.2) is 11.6 Å². The van der Waals surface area contributed by atoms with E-state index in [1.807, 2.05) is 62.4 Å². The number of pyridine rings is 1. The molecule has 45 heavy (non-hydrogen) atoms. The number of hydrogen-bond acceptors (Lipinski definition) is 7. The fourth-order valence-electron chi connectivity index (χ4n) is 5.29. The number of rotatable bonds is 13. The fraction of sp³-hybridized carbons (Fsp3) is 0.343. The first-order chi connectivity index (χ1) is 21.7. The predicted octanol–water partition coefficient (Wildman–Crippen LogP) is 6.87. The van der Waals surface area contributed by atoms with Crippen molar-refractivity contribution in [1.82, 2.24) is 9.88 Å². The Morgan fingerprint density at radius 2 is 1.91 bits per heavy atom. The van der Waals surface area contributed by atoms with Crippen LogP contribution in [0.5, 0.6) is 5.75 Å². The zero-order valence-electron chi connectivity index (χ0n) is 25.9. The van der Waals surface area contributed by atoms with Gasteiger partial charge in [-0.25, -0.2) is 14.2 Å². The van der Waals surface area contributed by atoms with Crippen molar-refractivity contribution in [2.45, 2.75) is 45.6 Å². The van der Waals surface area contributed by atoms with Crippen LogP contribution >= 0.6 is 0 Å². The number of aryl methyl sites for hydroxylation is 1. The first-order valence-electron chi connectivity index (χ1n) is 15.2. The van der Waals surface area contributed by atoms with Crippen molar-refractivity contribution in [2.75, 3.05) is 43.2 Å². The number of hydrogen-bond donors (Lipinski definition) is 3. The number of nitrogens with one attached hydrogen (secondary N) is 2. The van der Waals surface area contributed by atoms with Gasteiger partial charge in [0.2, 0.25) is 5.91 Å². The summed E-state index contributed by atoms with van der Waals surface area (Å²) in [5, 5.41) is 7.53. The van der Waals surface area contributed by atoms with Crippen LogP contribution in [0.2, 0.25) is 0 Å². The zero-order valence-corrected chi connectivity index (χ0v) is 25.9. The number of nitrogen functional groups attached to an aromatic ring is 1. The number of carbonyl (C=O) groups excluding carboxylic acids is 2. The maximum atomic E-state index is 15.4. The van der Waals surface area contributed by atoms with Crippen molar-refractivity contribution in [3.63, 3.8) is 0 Å². The summed E-state index contributed by atoms with van der Waals surface area (Å²) in [5.74, 6) is 0.305. The molecule has 3 aromatic carbocycles. The summed E-state index contributed by atoms with van der Waals surface area (Å²) in [6, 6.07) is 18.2. The topological polar surface area (TPSA) is 119 Å². The molecule has 1 atom stereocenters. The number of anilines is 3. The summed E-state index contributed by atoms with van der Waals surface area (Å²) in [5.41, 5.74) is 9.57. The van der Waals surface area contributed by atoms with Crippen LogP contribution in [0.4, 0.5) is 26.4 Å². The van der Waals surface area contributed by atoms with E-state index in [9.17, 15) is 9.59 Å². The van der Waals surface area contributed by atoms with E-state index in [1.54, 1.807) is 19.3 Å². The minimum Gasteiger partial charge on any atom is -0.490 e. The molecule has 4 N–H and O–H groups in total. The Labute approximate surface area is 262 Å². The average Bonchev–Trinajstić information content (AvgIpc) is 3.85. The van der Waals surface area contributed by atoms with Crippen molar-refractivity contribution >= 4 is 40.0 Å². The lowest BCUT2D eigenvalue weighted by molar-refractivity contribution is -0.128. The molecule has 0 radical (unpaired) electrons. The van der Waals surface area contributed by atoms with Crippen molar-refractivity contribution in [3.8, 4) is 5.75 Å². The molecular weight excluding hydrogens is 573 g/mol. The first-order valence-corrected chi connectivity index (χ1v) is 15.2. The van der Waals surface area contributed by atoms with Gasteiger partial charge in [0.1, 0.15) is 5.82 Å². The molecule has 0 aliphatic heterocycles. The van der Waals surface area contributed by atoms with Crippen molar-refractivity contribution in [2.24, 2.45) is 5.92 Å². The van der Waals surface area contributed by atoms with Gasteiger partial charge in [0.05, 0.1) is 19.8 Å². The molecule has 4 aromatic rings. The minimum absolute atomic E-state index is 0.00971. The number of halogens is 1. The fourth-order valence-corrected chi connectivity index (χ4v) is 5.29. The Morgan fingerprint density at radius 1 is 1.11 bits per heavy atom. The van der Waals surface area contributed by atoms with Gasteiger partial charge in [-0.1, -0.05) is 44.0 Å². The van der Waals surface area contributed by atoms with Crippen LogP contribution in [0.1, 0.15) is 48.8 Å². The number of ether oxygens (including phenoxy) is 2. The number of likely N-dealkylation sites (N-methyl/N-ethyl adjacent to an activating group) is 1. The Balaban J connectivity index is 1.23. The number of nitrogens with two attached hydrogens (primary N) is 1. The monoisotopic (exact) mass is 613 g/mol. The van der Waals surface area contributed by atoms with Gasteiger partial charge in [-0.2, -0.15) is 0 Å². The summed E-state index contributed by atoms with van der Waals surface area (Å²) < 4.78 is 26.8. The summed E-state index contributed by atoms with van der Waals surface area (Å²) in [6.07, 6.45) is 4.12. The van der Waals surface area contributed by atoms with Gasteiger partial charge >= 0.3 is 6.09 Å². The predicted molar refractivity (Wildman–Crippen MR) is 175 cm³/mol. The molecular formula is C35H40FN5O4. The summed E-state index contributed by atoms with van der Waals surface area (Å²) in [4.78, 5) is 31.4. The van der Waals surface area contributed by atoms with Crippen molar-refractivity contribution < 1.29 is 23.5 Å². The lowest BCUT2D eigenvalue weighted by atomic mass is 9.97. The standard InChI is InChI=1S/C35H40FN5O4/c1-22-6-4-5-7-29(22)23(2)21-45-35(43)40-28-17-26(33(31(36)18-28)44-15-13-24-8-9-24)20-41(3)32(42)19-39-27-10-11-30-25(16-27)12-14-38-34(30)37/h4-7,10-12,14,16-18,23-24,39H,8-9,13,15,19-21H2,1-3H3,(H2,37,38)(H,40,43). The number of aromatic nitrogens is 1. The largest absolute Gasteiger partial charge is 0.490 e. The van der Waals surface area contributed by atoms with Crippen molar-refractivity contribution in [1.29, 1.82) is 0 Å².